The summed E-state index contributed by atoms with van der Waals surface area (Å²) in [6, 6.07) is 60.5. The number of benzene rings is 9. The molecule has 0 spiro atoms. The summed E-state index contributed by atoms with van der Waals surface area (Å²) in [5.41, 5.74) is 11.4. The van der Waals surface area contributed by atoms with Crippen LogP contribution >= 0.6 is 0 Å². The van der Waals surface area contributed by atoms with Crippen LogP contribution in [-0.4, -0.2) is 14.1 Å². The Bertz CT molecular complexity index is 4660. The quantitative estimate of drug-likeness (QED) is 0.123. The summed E-state index contributed by atoms with van der Waals surface area (Å²) in [5.74, 6) is 1.60. The number of para-hydroxylation sites is 3. The normalized spacial score (nSPS) is 13.1. The largest absolute Gasteiger partial charge is 0.510 e. The standard InChI is InChI=1S/C66H44N4O2.Pt/c1-66(2,3)44-33-34-67-63(37-44)70-59-29-13-11-25-53(59)54-32-31-47(39-60(54)70)71-46-20-15-19-45(38-46)68-40-61-52-24-10-9-22-50(52)49-21-7-8-23-51(49)58-36-43(35-57(64(58)69(61)41-68)42-17-5-4-6-18-42)48-27-16-28-56-55-26-12-14-30-62(55)72-65(48)56;/h4-37,40H,1-3H3;/q-2;/i4D,5D,6D,17D,18D,40D;. The smallest absolute Gasteiger partial charge is 0.267 e. The van der Waals surface area contributed by atoms with E-state index in [9.17, 15) is 4.11 Å². The molecule has 0 radical (unpaired) electrons. The van der Waals surface area contributed by atoms with E-state index in [1.807, 2.05) is 140 Å². The third-order valence-corrected chi connectivity index (χ3v) is 13.8. The average molecular weight is 1130 g/mol. The number of nitrogens with zero attached hydrogens (tertiary/aromatic N) is 4. The summed E-state index contributed by atoms with van der Waals surface area (Å²) in [6.45, 7) is 6.56. The zero-order valence-corrected chi connectivity index (χ0v) is 41.9. The molecule has 0 N–H and O–H groups in total. The van der Waals surface area contributed by atoms with Gasteiger partial charge in [0.15, 0.2) is 0 Å². The fourth-order valence-corrected chi connectivity index (χ4v) is 10.4. The summed E-state index contributed by atoms with van der Waals surface area (Å²) in [5, 5.41) is 3.93. The second-order valence-corrected chi connectivity index (χ2v) is 19.1. The van der Waals surface area contributed by atoms with Gasteiger partial charge in [-0.2, -0.15) is 18.2 Å². The number of rotatable bonds is 6. The minimum atomic E-state index is -0.501. The molecule has 9 aromatic carbocycles. The van der Waals surface area contributed by atoms with Gasteiger partial charge in [-0.25, -0.2) is 4.98 Å². The number of hydrogen-bond donors (Lipinski definition) is 0. The average Bonchev–Trinajstić information content (AvgIpc) is 4.17. The van der Waals surface area contributed by atoms with Gasteiger partial charge in [0.05, 0.1) is 19.6 Å². The fraction of sp³-hybridized carbons (Fsp3) is 0.0606. The Balaban J connectivity index is 0.00000591. The van der Waals surface area contributed by atoms with E-state index in [-0.39, 0.29) is 50.3 Å². The third kappa shape index (κ3) is 7.35. The molecule has 0 aliphatic carbocycles. The van der Waals surface area contributed by atoms with Crippen LogP contribution in [0.4, 0.5) is 0 Å². The van der Waals surface area contributed by atoms with Crippen molar-refractivity contribution < 1.29 is 43.0 Å². The van der Waals surface area contributed by atoms with Crippen LogP contribution in [0.25, 0.3) is 117 Å². The van der Waals surface area contributed by atoms with E-state index in [2.05, 4.69) is 80.2 Å². The number of hydrogen-bond acceptors (Lipinski definition) is 3. The second-order valence-electron chi connectivity index (χ2n) is 19.1. The minimum absolute atomic E-state index is 0. The van der Waals surface area contributed by atoms with Crippen molar-refractivity contribution in [2.75, 3.05) is 0 Å². The molecule has 0 saturated carbocycles. The Morgan fingerprint density at radius 1 is 0.589 bits per heavy atom. The number of furan rings is 1. The summed E-state index contributed by atoms with van der Waals surface area (Å²) in [6.07, 6.45) is 5.46. The van der Waals surface area contributed by atoms with Crippen molar-refractivity contribution in [1.29, 1.82) is 0 Å². The number of ether oxygens (including phenoxy) is 1. The van der Waals surface area contributed by atoms with Gasteiger partial charge in [0.1, 0.15) is 17.0 Å². The first-order chi connectivity index (χ1) is 37.8. The predicted octanol–water partition coefficient (Wildman–Crippen LogP) is 16.3. The number of imidazole rings is 1. The molecule has 5 heterocycles. The Kier molecular flexibility index (Phi) is 9.06. The molecule has 0 unspecified atom stereocenters. The maximum absolute atomic E-state index is 10.2. The van der Waals surface area contributed by atoms with E-state index in [1.165, 1.54) is 0 Å². The van der Waals surface area contributed by atoms with Crippen LogP contribution in [0.15, 0.2) is 217 Å². The van der Waals surface area contributed by atoms with Gasteiger partial charge in [-0.3, -0.25) is 4.57 Å². The monoisotopic (exact) mass is 1130 g/mol. The van der Waals surface area contributed by atoms with Gasteiger partial charge in [-0.05, 0) is 103 Å². The number of fused-ring (bicyclic) bond motifs is 14. The van der Waals surface area contributed by atoms with Crippen molar-refractivity contribution in [2.45, 2.75) is 26.2 Å². The van der Waals surface area contributed by atoms with Crippen LogP contribution in [0, 0.1) is 18.5 Å². The van der Waals surface area contributed by atoms with E-state index < -0.39 is 18.1 Å². The molecule has 4 aromatic heterocycles. The van der Waals surface area contributed by atoms with Crippen LogP contribution in [0.2, 0.25) is 0 Å². The number of aromatic nitrogens is 4. The Morgan fingerprint density at radius 3 is 2.08 bits per heavy atom. The molecule has 0 saturated heterocycles. The molecule has 14 rings (SSSR count). The van der Waals surface area contributed by atoms with Gasteiger partial charge in [-0.15, -0.1) is 29.7 Å². The molecule has 0 amide bonds. The molecular weight excluding hydrogens is 1080 g/mol. The molecule has 352 valence electrons. The van der Waals surface area contributed by atoms with E-state index in [0.717, 1.165) is 77.4 Å². The maximum atomic E-state index is 10.2. The van der Waals surface area contributed by atoms with Crippen molar-refractivity contribution in [3.8, 4) is 84.5 Å². The predicted molar refractivity (Wildman–Crippen MR) is 289 cm³/mol. The van der Waals surface area contributed by atoms with Crippen LogP contribution in [-0.2, 0) is 26.5 Å². The van der Waals surface area contributed by atoms with Crippen LogP contribution in [0.5, 0.6) is 11.5 Å². The Hall–Kier alpha value is -8.57. The zero-order valence-electron chi connectivity index (χ0n) is 45.7. The summed E-state index contributed by atoms with van der Waals surface area (Å²) in [4.78, 5) is 4.84. The first-order valence-electron chi connectivity index (χ1n) is 26.9. The fourth-order valence-electron chi connectivity index (χ4n) is 10.4. The topological polar surface area (TPSA) is 49.0 Å². The van der Waals surface area contributed by atoms with Crippen LogP contribution < -0.4 is 9.30 Å². The van der Waals surface area contributed by atoms with Gasteiger partial charge < -0.3 is 18.3 Å². The van der Waals surface area contributed by atoms with Crippen LogP contribution in [0.1, 0.15) is 34.6 Å². The Labute approximate surface area is 445 Å². The summed E-state index contributed by atoms with van der Waals surface area (Å²) in [7, 11) is 0. The van der Waals surface area contributed by atoms with Crippen LogP contribution in [0.3, 0.4) is 0 Å². The van der Waals surface area contributed by atoms with Gasteiger partial charge in [0.2, 0.25) is 0 Å². The van der Waals surface area contributed by atoms with Gasteiger partial charge >= 0.3 is 0 Å². The van der Waals surface area contributed by atoms with Gasteiger partial charge in [-0.1, -0.05) is 160 Å². The second kappa shape index (κ2) is 17.3. The third-order valence-electron chi connectivity index (χ3n) is 13.8. The van der Waals surface area contributed by atoms with Crippen molar-refractivity contribution in [1.82, 2.24) is 14.1 Å². The number of pyridine rings is 1. The first-order valence-corrected chi connectivity index (χ1v) is 23.9. The summed E-state index contributed by atoms with van der Waals surface area (Å²) < 4.78 is 74.5. The van der Waals surface area contributed by atoms with Crippen molar-refractivity contribution in [2.24, 2.45) is 0 Å². The molecule has 1 aliphatic rings. The Morgan fingerprint density at radius 2 is 1.26 bits per heavy atom. The molecule has 6 nitrogen and oxygen atoms in total. The minimum Gasteiger partial charge on any atom is -0.510 e. The van der Waals surface area contributed by atoms with Gasteiger partial charge in [0.25, 0.3) is 6.33 Å². The maximum Gasteiger partial charge on any atom is 0.267 e. The molecule has 0 atom stereocenters. The molecular formula is C66H44N4O2Pt-2. The molecule has 13 aromatic rings. The molecule has 0 bridgehead atoms. The SMILES string of the molecule is [2H]c1c([2H])c([2H])c(-c2cc(-c3cccc4c3oc3ccccc34)cc3c2-[n+]2[c-]n(-c4[c-]c(Oc5[c-]c6c(cc5)c5ccccc5n6-c5cc(C(C)(C)C)ccn5)ccc4)c([2H])c2-c2ccccc2-c2ccccc2-3)c([2H])c1[2H].[Pt]. The summed E-state index contributed by atoms with van der Waals surface area (Å²) >= 11 is 0. The van der Waals surface area contributed by atoms with E-state index in [1.54, 1.807) is 9.13 Å². The molecule has 1 aliphatic heterocycles. The van der Waals surface area contributed by atoms with Crippen molar-refractivity contribution in [3.63, 3.8) is 0 Å². The van der Waals surface area contributed by atoms with E-state index in [4.69, 9.17) is 18.3 Å². The molecule has 0 fully saturated rings. The molecule has 73 heavy (non-hydrogen) atoms. The van der Waals surface area contributed by atoms with E-state index in [0.29, 0.717) is 50.8 Å². The van der Waals surface area contributed by atoms with Gasteiger partial charge in [0, 0.05) is 66.8 Å². The van der Waals surface area contributed by atoms with Crippen molar-refractivity contribution in [3.05, 3.63) is 236 Å². The van der Waals surface area contributed by atoms with E-state index >= 15 is 0 Å². The molecule has 7 heteroatoms. The van der Waals surface area contributed by atoms with Crippen molar-refractivity contribution >= 4 is 43.7 Å². The first kappa shape index (κ1) is 38.1. The zero-order chi connectivity index (χ0) is 53.3.